The third kappa shape index (κ3) is 3.98. The fraction of sp³-hybridized carbons (Fsp3) is 0.400. The summed E-state index contributed by atoms with van der Waals surface area (Å²) in [5.41, 5.74) is 0.666. The van der Waals surface area contributed by atoms with Gasteiger partial charge in [0.2, 0.25) is 0 Å². The van der Waals surface area contributed by atoms with E-state index in [2.05, 4.69) is 10.1 Å². The number of hydrogen-bond acceptors (Lipinski definition) is 3. The number of halogens is 4. The first-order valence-electron chi connectivity index (χ1n) is 4.77. The fourth-order valence-electron chi connectivity index (χ4n) is 1.49. The summed E-state index contributed by atoms with van der Waals surface area (Å²) >= 11 is 0. The van der Waals surface area contributed by atoms with Gasteiger partial charge in [-0.15, -0.1) is 25.6 Å². The summed E-state index contributed by atoms with van der Waals surface area (Å²) in [5, 5.41) is 3.03. The Morgan fingerprint density at radius 1 is 1.29 bits per heavy atom. The van der Waals surface area contributed by atoms with Crippen LogP contribution >= 0.6 is 12.4 Å². The van der Waals surface area contributed by atoms with Crippen LogP contribution in [0.4, 0.5) is 13.2 Å². The van der Waals surface area contributed by atoms with Gasteiger partial charge in [0.1, 0.15) is 18.1 Å². The first-order chi connectivity index (χ1) is 7.54. The molecule has 96 valence electrons. The van der Waals surface area contributed by atoms with Gasteiger partial charge < -0.3 is 14.8 Å². The maximum atomic E-state index is 12.0. The van der Waals surface area contributed by atoms with Crippen LogP contribution in [0.15, 0.2) is 18.2 Å². The molecule has 0 aromatic heterocycles. The summed E-state index contributed by atoms with van der Waals surface area (Å²) in [6.45, 7) is 1.65. The Labute approximate surface area is 102 Å². The minimum absolute atomic E-state index is 0. The Morgan fingerprint density at radius 2 is 2.06 bits per heavy atom. The molecule has 3 nitrogen and oxygen atoms in total. The van der Waals surface area contributed by atoms with Crippen LogP contribution in [0.5, 0.6) is 11.5 Å². The molecule has 0 saturated carbocycles. The fourth-order valence-corrected chi connectivity index (χ4v) is 1.49. The third-order valence-electron chi connectivity index (χ3n) is 2.12. The molecule has 0 aliphatic carbocycles. The van der Waals surface area contributed by atoms with Crippen molar-refractivity contribution < 1.29 is 22.6 Å². The molecule has 1 heterocycles. The van der Waals surface area contributed by atoms with Crippen LogP contribution in [-0.4, -0.2) is 19.5 Å². The second-order valence-corrected chi connectivity index (χ2v) is 3.34. The molecular formula is C10H11ClF3NO2. The second kappa shape index (κ2) is 5.46. The van der Waals surface area contributed by atoms with Gasteiger partial charge in [-0.2, -0.15) is 0 Å². The summed E-state index contributed by atoms with van der Waals surface area (Å²) in [7, 11) is 0. The lowest BCUT2D eigenvalue weighted by atomic mass is 10.2. The van der Waals surface area contributed by atoms with E-state index in [9.17, 15) is 13.2 Å². The predicted molar refractivity (Wildman–Crippen MR) is 57.6 cm³/mol. The van der Waals surface area contributed by atoms with E-state index in [4.69, 9.17) is 4.74 Å². The summed E-state index contributed by atoms with van der Waals surface area (Å²) in [5.74, 6) is 0.373. The maximum Gasteiger partial charge on any atom is 0.573 e. The van der Waals surface area contributed by atoms with E-state index in [0.29, 0.717) is 31.0 Å². The van der Waals surface area contributed by atoms with Gasteiger partial charge in [-0.05, 0) is 18.2 Å². The van der Waals surface area contributed by atoms with Crippen molar-refractivity contribution in [1.29, 1.82) is 0 Å². The summed E-state index contributed by atoms with van der Waals surface area (Å²) in [6, 6.07) is 4.07. The van der Waals surface area contributed by atoms with Gasteiger partial charge in [0.15, 0.2) is 0 Å². The molecule has 1 aromatic rings. The van der Waals surface area contributed by atoms with Crippen molar-refractivity contribution in [3.8, 4) is 11.5 Å². The molecule has 2 rings (SSSR count). The third-order valence-corrected chi connectivity index (χ3v) is 2.12. The van der Waals surface area contributed by atoms with Crippen molar-refractivity contribution >= 4 is 12.4 Å². The van der Waals surface area contributed by atoms with E-state index in [1.807, 2.05) is 0 Å². The van der Waals surface area contributed by atoms with Gasteiger partial charge >= 0.3 is 6.36 Å². The van der Waals surface area contributed by atoms with Crippen molar-refractivity contribution in [2.45, 2.75) is 12.9 Å². The largest absolute Gasteiger partial charge is 0.573 e. The van der Waals surface area contributed by atoms with E-state index in [1.165, 1.54) is 18.2 Å². The van der Waals surface area contributed by atoms with E-state index >= 15 is 0 Å². The van der Waals surface area contributed by atoms with E-state index in [-0.39, 0.29) is 18.2 Å². The lowest BCUT2D eigenvalue weighted by Crippen LogP contribution is -2.17. The number of ether oxygens (including phenoxy) is 2. The highest BCUT2D eigenvalue weighted by Gasteiger charge is 2.31. The van der Waals surface area contributed by atoms with Gasteiger partial charge in [0.05, 0.1) is 0 Å². The van der Waals surface area contributed by atoms with Gasteiger partial charge in [-0.25, -0.2) is 0 Å². The first-order valence-corrected chi connectivity index (χ1v) is 4.77. The Morgan fingerprint density at radius 3 is 2.76 bits per heavy atom. The highest BCUT2D eigenvalue weighted by molar-refractivity contribution is 5.85. The monoisotopic (exact) mass is 269 g/mol. The highest BCUT2D eigenvalue weighted by atomic mass is 35.5. The van der Waals surface area contributed by atoms with Crippen LogP contribution in [0.2, 0.25) is 0 Å². The summed E-state index contributed by atoms with van der Waals surface area (Å²) < 4.78 is 45.1. The van der Waals surface area contributed by atoms with Crippen LogP contribution in [0.25, 0.3) is 0 Å². The minimum atomic E-state index is -4.66. The molecule has 1 aliphatic heterocycles. The number of nitrogens with one attached hydrogen (secondary N) is 1. The highest BCUT2D eigenvalue weighted by Crippen LogP contribution is 2.29. The average molecular weight is 270 g/mol. The molecule has 0 spiro atoms. The lowest BCUT2D eigenvalue weighted by molar-refractivity contribution is -0.274. The lowest BCUT2D eigenvalue weighted by Gasteiger charge is -2.11. The number of alkyl halides is 3. The smallest absolute Gasteiger partial charge is 0.492 e. The first kappa shape index (κ1) is 13.9. The van der Waals surface area contributed by atoms with Crippen LogP contribution in [0.3, 0.4) is 0 Å². The second-order valence-electron chi connectivity index (χ2n) is 3.34. The molecule has 7 heteroatoms. The number of rotatable bonds is 1. The molecule has 1 aliphatic rings. The zero-order valence-corrected chi connectivity index (χ0v) is 9.53. The topological polar surface area (TPSA) is 30.5 Å². The molecule has 0 atom stereocenters. The van der Waals surface area contributed by atoms with Gasteiger partial charge in [-0.1, -0.05) is 0 Å². The normalized spacial score (nSPS) is 15.0. The van der Waals surface area contributed by atoms with Gasteiger partial charge in [-0.3, -0.25) is 0 Å². The number of benzene rings is 1. The van der Waals surface area contributed by atoms with E-state index < -0.39 is 6.36 Å². The van der Waals surface area contributed by atoms with Crippen molar-refractivity contribution in [3.63, 3.8) is 0 Å². The Kier molecular flexibility index (Phi) is 4.47. The van der Waals surface area contributed by atoms with Crippen LogP contribution < -0.4 is 14.8 Å². The quantitative estimate of drug-likeness (QED) is 0.850. The predicted octanol–water partition coefficient (Wildman–Crippen LogP) is 2.49. The van der Waals surface area contributed by atoms with Gasteiger partial charge in [0.25, 0.3) is 0 Å². The molecule has 17 heavy (non-hydrogen) atoms. The Bertz CT molecular complexity index is 384. The number of hydrogen-bond donors (Lipinski definition) is 1. The minimum Gasteiger partial charge on any atom is -0.492 e. The molecule has 0 saturated heterocycles. The molecule has 0 bridgehead atoms. The molecule has 0 radical (unpaired) electrons. The van der Waals surface area contributed by atoms with Crippen LogP contribution in [0.1, 0.15) is 5.56 Å². The Balaban J connectivity index is 0.00000144. The summed E-state index contributed by atoms with van der Waals surface area (Å²) in [4.78, 5) is 0. The number of fused-ring (bicyclic) bond motifs is 1. The van der Waals surface area contributed by atoms with Crippen LogP contribution in [-0.2, 0) is 6.54 Å². The van der Waals surface area contributed by atoms with Crippen molar-refractivity contribution in [2.24, 2.45) is 0 Å². The Hall–Kier alpha value is -1.14. The maximum absolute atomic E-state index is 12.0. The SMILES string of the molecule is Cl.FC(F)(F)Oc1ccc2c(c1)CNCCO2. The van der Waals surface area contributed by atoms with Crippen LogP contribution in [0, 0.1) is 0 Å². The average Bonchev–Trinajstić information content (AvgIpc) is 2.39. The van der Waals surface area contributed by atoms with Crippen molar-refractivity contribution in [3.05, 3.63) is 23.8 Å². The zero-order chi connectivity index (χ0) is 11.6. The molecule has 0 unspecified atom stereocenters. The zero-order valence-electron chi connectivity index (χ0n) is 8.71. The van der Waals surface area contributed by atoms with Crippen molar-refractivity contribution in [1.82, 2.24) is 5.32 Å². The molecule has 0 fully saturated rings. The summed E-state index contributed by atoms with van der Waals surface area (Å²) in [6.07, 6.45) is -4.66. The van der Waals surface area contributed by atoms with Gasteiger partial charge in [0, 0.05) is 18.7 Å². The molecule has 1 aromatic carbocycles. The molecular weight excluding hydrogens is 259 g/mol. The van der Waals surface area contributed by atoms with E-state index in [0.717, 1.165) is 0 Å². The molecule has 0 amide bonds. The van der Waals surface area contributed by atoms with Crippen molar-refractivity contribution in [2.75, 3.05) is 13.2 Å². The standard InChI is InChI=1S/C10H10F3NO2.ClH/c11-10(12,13)16-8-1-2-9-7(5-8)6-14-3-4-15-9;/h1-2,5,14H,3-4,6H2;1H. The molecule has 1 N–H and O–H groups in total. The van der Waals surface area contributed by atoms with E-state index in [1.54, 1.807) is 0 Å².